The van der Waals surface area contributed by atoms with Crippen LogP contribution < -0.4 is 5.56 Å². The molecular weight excluding hydrogens is 324 g/mol. The molecule has 0 bridgehead atoms. The highest BCUT2D eigenvalue weighted by Gasteiger charge is 2.13. The fraction of sp³-hybridized carbons (Fsp3) is 0.238. The van der Waals surface area contributed by atoms with Gasteiger partial charge < -0.3 is 9.47 Å². The molecule has 4 rings (SSSR count). The quantitative estimate of drug-likeness (QED) is 0.614. The highest BCUT2D eigenvalue weighted by Crippen LogP contribution is 2.29. The highest BCUT2D eigenvalue weighted by atomic mass is 16.1. The minimum Gasteiger partial charge on any atom is -0.308 e. The van der Waals surface area contributed by atoms with Crippen molar-refractivity contribution in [2.75, 3.05) is 14.1 Å². The van der Waals surface area contributed by atoms with Crippen molar-refractivity contribution >= 4 is 21.8 Å². The molecule has 2 aromatic carbocycles. The van der Waals surface area contributed by atoms with Crippen molar-refractivity contribution in [3.63, 3.8) is 0 Å². The maximum atomic E-state index is 12.8. The van der Waals surface area contributed by atoms with Crippen molar-refractivity contribution < 1.29 is 0 Å². The Morgan fingerprint density at radius 1 is 1.12 bits per heavy atom. The van der Waals surface area contributed by atoms with Crippen LogP contribution in [0.3, 0.4) is 0 Å². The number of H-pyrrole nitrogens is 1. The summed E-state index contributed by atoms with van der Waals surface area (Å²) in [6.07, 6.45) is 1.61. The van der Waals surface area contributed by atoms with Gasteiger partial charge in [-0.25, -0.2) is 0 Å². The van der Waals surface area contributed by atoms with E-state index >= 15 is 0 Å². The van der Waals surface area contributed by atoms with Crippen LogP contribution in [0.2, 0.25) is 0 Å². The van der Waals surface area contributed by atoms with Gasteiger partial charge >= 0.3 is 0 Å². The van der Waals surface area contributed by atoms with Crippen molar-refractivity contribution in [3.05, 3.63) is 64.6 Å². The fourth-order valence-corrected chi connectivity index (χ4v) is 3.64. The lowest BCUT2D eigenvalue weighted by molar-refractivity contribution is 0.403. The molecule has 0 amide bonds. The molecule has 0 spiro atoms. The molecule has 2 aromatic heterocycles. The molecule has 0 saturated carbocycles. The van der Waals surface area contributed by atoms with E-state index in [1.54, 1.807) is 6.20 Å². The predicted molar refractivity (Wildman–Crippen MR) is 106 cm³/mol. The number of rotatable bonds is 4. The molecule has 26 heavy (non-hydrogen) atoms. The van der Waals surface area contributed by atoms with Gasteiger partial charge in [-0.2, -0.15) is 5.10 Å². The molecule has 2 heterocycles. The monoisotopic (exact) mass is 346 g/mol. The van der Waals surface area contributed by atoms with Crippen LogP contribution in [0.15, 0.2) is 53.5 Å². The third kappa shape index (κ3) is 2.61. The first-order valence-electron chi connectivity index (χ1n) is 8.82. The fourth-order valence-electron chi connectivity index (χ4n) is 3.64. The van der Waals surface area contributed by atoms with Crippen LogP contribution >= 0.6 is 0 Å². The molecule has 0 fully saturated rings. The van der Waals surface area contributed by atoms with E-state index in [2.05, 4.69) is 71.7 Å². The SMILES string of the molecule is CCn1c(=O)c2cn[nH]c2c2ccc(-c3ccccc3CN(C)C)cc21. The van der Waals surface area contributed by atoms with Crippen molar-refractivity contribution in [1.29, 1.82) is 0 Å². The maximum Gasteiger partial charge on any atom is 0.262 e. The summed E-state index contributed by atoms with van der Waals surface area (Å²) in [4.78, 5) is 15.0. The average Bonchev–Trinajstić information content (AvgIpc) is 3.12. The van der Waals surface area contributed by atoms with Gasteiger partial charge in [-0.1, -0.05) is 36.4 Å². The Balaban J connectivity index is 2.00. The highest BCUT2D eigenvalue weighted by molar-refractivity contribution is 6.04. The minimum absolute atomic E-state index is 0.00229. The number of fused-ring (bicyclic) bond motifs is 3. The normalized spacial score (nSPS) is 11.7. The Kier molecular flexibility index (Phi) is 4.09. The summed E-state index contributed by atoms with van der Waals surface area (Å²) in [5.74, 6) is 0. The first kappa shape index (κ1) is 16.5. The van der Waals surface area contributed by atoms with E-state index in [9.17, 15) is 4.79 Å². The second kappa shape index (κ2) is 6.42. The average molecular weight is 346 g/mol. The van der Waals surface area contributed by atoms with Crippen LogP contribution in [0.1, 0.15) is 12.5 Å². The molecular formula is C21H22N4O. The smallest absolute Gasteiger partial charge is 0.262 e. The van der Waals surface area contributed by atoms with E-state index in [0.29, 0.717) is 11.9 Å². The van der Waals surface area contributed by atoms with Crippen LogP contribution in [-0.2, 0) is 13.1 Å². The third-order valence-electron chi connectivity index (χ3n) is 4.80. The zero-order chi connectivity index (χ0) is 18.3. The Bertz CT molecular complexity index is 1150. The number of nitrogens with one attached hydrogen (secondary N) is 1. The number of hydrogen-bond donors (Lipinski definition) is 1. The van der Waals surface area contributed by atoms with E-state index in [1.165, 1.54) is 11.1 Å². The number of aromatic amines is 1. The Morgan fingerprint density at radius 3 is 2.69 bits per heavy atom. The summed E-state index contributed by atoms with van der Waals surface area (Å²) < 4.78 is 1.82. The molecule has 0 radical (unpaired) electrons. The van der Waals surface area contributed by atoms with E-state index in [0.717, 1.165) is 28.5 Å². The minimum atomic E-state index is 0.00229. The molecule has 1 N–H and O–H groups in total. The van der Waals surface area contributed by atoms with E-state index < -0.39 is 0 Å². The Hall–Kier alpha value is -2.92. The number of hydrogen-bond acceptors (Lipinski definition) is 3. The lowest BCUT2D eigenvalue weighted by Crippen LogP contribution is -2.19. The van der Waals surface area contributed by atoms with Gasteiger partial charge in [0.1, 0.15) is 0 Å². The van der Waals surface area contributed by atoms with E-state index in [1.807, 2.05) is 11.5 Å². The maximum absolute atomic E-state index is 12.8. The van der Waals surface area contributed by atoms with Crippen molar-refractivity contribution in [1.82, 2.24) is 19.7 Å². The summed E-state index contributed by atoms with van der Waals surface area (Å²) in [5, 5.41) is 8.71. The van der Waals surface area contributed by atoms with Gasteiger partial charge in [0.25, 0.3) is 5.56 Å². The summed E-state index contributed by atoms with van der Waals surface area (Å²) in [5.41, 5.74) is 5.33. The number of aromatic nitrogens is 3. The largest absolute Gasteiger partial charge is 0.308 e. The zero-order valence-electron chi connectivity index (χ0n) is 15.3. The molecule has 0 aliphatic carbocycles. The van der Waals surface area contributed by atoms with Crippen LogP contribution in [0.4, 0.5) is 0 Å². The molecule has 0 unspecified atom stereocenters. The van der Waals surface area contributed by atoms with Gasteiger partial charge in [0.05, 0.1) is 22.6 Å². The van der Waals surface area contributed by atoms with E-state index in [4.69, 9.17) is 0 Å². The topological polar surface area (TPSA) is 53.9 Å². The first-order chi connectivity index (χ1) is 12.6. The van der Waals surface area contributed by atoms with Gasteiger partial charge in [-0.15, -0.1) is 0 Å². The van der Waals surface area contributed by atoms with Gasteiger partial charge in [-0.3, -0.25) is 9.89 Å². The molecule has 0 saturated heterocycles. The molecule has 4 aromatic rings. The standard InChI is InChI=1S/C21H22N4O/c1-4-25-19-11-14(16-8-6-5-7-15(16)13-24(2)3)9-10-17(19)20-18(21(25)26)12-22-23-20/h5-12H,4,13H2,1-3H3,(H,22,23). The third-order valence-corrected chi connectivity index (χ3v) is 4.80. The van der Waals surface area contributed by atoms with Crippen LogP contribution in [0.25, 0.3) is 32.9 Å². The van der Waals surface area contributed by atoms with Crippen LogP contribution in [0, 0.1) is 0 Å². The molecule has 5 nitrogen and oxygen atoms in total. The molecule has 0 aliphatic rings. The summed E-state index contributed by atoms with van der Waals surface area (Å²) in [6, 6.07) is 14.8. The lowest BCUT2D eigenvalue weighted by Gasteiger charge is -2.16. The van der Waals surface area contributed by atoms with Gasteiger partial charge in [0.2, 0.25) is 0 Å². The Labute approximate surface area is 151 Å². The second-order valence-electron chi connectivity index (χ2n) is 6.83. The summed E-state index contributed by atoms with van der Waals surface area (Å²) >= 11 is 0. The number of benzene rings is 2. The number of nitrogens with zero attached hydrogens (tertiary/aromatic N) is 3. The lowest BCUT2D eigenvalue weighted by atomic mass is 9.97. The molecule has 0 atom stereocenters. The summed E-state index contributed by atoms with van der Waals surface area (Å²) in [7, 11) is 4.14. The van der Waals surface area contributed by atoms with Gasteiger partial charge in [-0.05, 0) is 43.8 Å². The zero-order valence-corrected chi connectivity index (χ0v) is 15.3. The molecule has 132 valence electrons. The number of aryl methyl sites for hydroxylation is 1. The van der Waals surface area contributed by atoms with Crippen molar-refractivity contribution in [2.24, 2.45) is 0 Å². The molecule has 5 heteroatoms. The van der Waals surface area contributed by atoms with Crippen LogP contribution in [-0.4, -0.2) is 33.8 Å². The second-order valence-corrected chi connectivity index (χ2v) is 6.83. The van der Waals surface area contributed by atoms with E-state index in [-0.39, 0.29) is 5.56 Å². The van der Waals surface area contributed by atoms with Crippen molar-refractivity contribution in [2.45, 2.75) is 20.0 Å². The number of pyridine rings is 1. The van der Waals surface area contributed by atoms with Gasteiger partial charge in [0, 0.05) is 18.5 Å². The first-order valence-corrected chi connectivity index (χ1v) is 8.82. The summed E-state index contributed by atoms with van der Waals surface area (Å²) in [6.45, 7) is 3.49. The molecule has 0 aliphatic heterocycles. The van der Waals surface area contributed by atoms with Crippen molar-refractivity contribution in [3.8, 4) is 11.1 Å². The predicted octanol–water partition coefficient (Wildman–Crippen LogP) is 3.63. The van der Waals surface area contributed by atoms with Gasteiger partial charge in [0.15, 0.2) is 0 Å². The Morgan fingerprint density at radius 2 is 1.92 bits per heavy atom. The van der Waals surface area contributed by atoms with Crippen LogP contribution in [0.5, 0.6) is 0 Å².